The number of hydrogen-bond acceptors (Lipinski definition) is 9. The fourth-order valence-corrected chi connectivity index (χ4v) is 3.72. The molecule has 1 N–H and O–H groups in total. The van der Waals surface area contributed by atoms with Gasteiger partial charge in [0, 0.05) is 7.05 Å². The Bertz CT molecular complexity index is 1010. The molecule has 162 valence electrons. The number of ether oxygens (including phenoxy) is 2. The van der Waals surface area contributed by atoms with Gasteiger partial charge >= 0.3 is 17.6 Å². The number of rotatable bonds is 8. The zero-order valence-corrected chi connectivity index (χ0v) is 18.0. The van der Waals surface area contributed by atoms with Gasteiger partial charge in [-0.15, -0.1) is 11.3 Å². The van der Waals surface area contributed by atoms with E-state index in [1.807, 2.05) is 6.92 Å². The van der Waals surface area contributed by atoms with E-state index >= 15 is 0 Å². The first-order chi connectivity index (χ1) is 14.1. The SMILES string of the molecule is CCCOC(=O)c1c(NC(=O)c2nn(C)c(C)c2[N+](=O)[O-])sc(C(=O)OCC)c1C. The van der Waals surface area contributed by atoms with Crippen molar-refractivity contribution in [3.05, 3.63) is 37.5 Å². The number of aryl methyl sites for hydroxylation is 1. The molecule has 2 aromatic heterocycles. The smallest absolute Gasteiger partial charge is 0.348 e. The van der Waals surface area contributed by atoms with Crippen molar-refractivity contribution in [1.29, 1.82) is 0 Å². The van der Waals surface area contributed by atoms with Crippen molar-refractivity contribution in [2.75, 3.05) is 18.5 Å². The summed E-state index contributed by atoms with van der Waals surface area (Å²) in [4.78, 5) is 48.3. The van der Waals surface area contributed by atoms with E-state index in [-0.39, 0.29) is 34.3 Å². The number of hydrogen-bond donors (Lipinski definition) is 1. The summed E-state index contributed by atoms with van der Waals surface area (Å²) in [5.41, 5.74) is -0.357. The molecule has 0 atom stereocenters. The highest BCUT2D eigenvalue weighted by molar-refractivity contribution is 7.18. The van der Waals surface area contributed by atoms with Crippen molar-refractivity contribution >= 4 is 39.9 Å². The van der Waals surface area contributed by atoms with E-state index in [1.54, 1.807) is 6.92 Å². The van der Waals surface area contributed by atoms with E-state index in [1.165, 1.54) is 25.6 Å². The Hall–Kier alpha value is -3.28. The zero-order valence-electron chi connectivity index (χ0n) is 17.2. The highest BCUT2D eigenvalue weighted by Crippen LogP contribution is 2.35. The number of nitrogens with zero attached hydrogens (tertiary/aromatic N) is 3. The molecular formula is C18H22N4O7S. The molecule has 0 aliphatic carbocycles. The molecule has 2 aromatic rings. The van der Waals surface area contributed by atoms with Gasteiger partial charge in [-0.2, -0.15) is 5.10 Å². The number of nitro groups is 1. The third-order valence-corrected chi connectivity index (χ3v) is 5.36. The average molecular weight is 438 g/mol. The molecule has 0 unspecified atom stereocenters. The van der Waals surface area contributed by atoms with Crippen LogP contribution in [-0.2, 0) is 16.5 Å². The molecule has 2 heterocycles. The molecule has 0 aliphatic heterocycles. The summed E-state index contributed by atoms with van der Waals surface area (Å²) in [5, 5.41) is 17.8. The second kappa shape index (κ2) is 9.48. The summed E-state index contributed by atoms with van der Waals surface area (Å²) >= 11 is 0.832. The molecule has 12 heteroatoms. The summed E-state index contributed by atoms with van der Waals surface area (Å²) in [7, 11) is 1.47. The lowest BCUT2D eigenvalue weighted by atomic mass is 10.1. The monoisotopic (exact) mass is 438 g/mol. The predicted octanol–water partition coefficient (Wildman–Crippen LogP) is 3.00. The van der Waals surface area contributed by atoms with Crippen LogP contribution in [0.25, 0.3) is 0 Å². The molecule has 0 bridgehead atoms. The van der Waals surface area contributed by atoms with Crippen LogP contribution in [0.5, 0.6) is 0 Å². The van der Waals surface area contributed by atoms with Gasteiger partial charge in [-0.25, -0.2) is 9.59 Å². The number of nitrogens with one attached hydrogen (secondary N) is 1. The second-order valence-corrected chi connectivity index (χ2v) is 7.25. The Morgan fingerprint density at radius 3 is 2.43 bits per heavy atom. The van der Waals surface area contributed by atoms with Gasteiger partial charge in [-0.05, 0) is 32.8 Å². The van der Waals surface area contributed by atoms with Crippen molar-refractivity contribution in [1.82, 2.24) is 9.78 Å². The molecule has 2 rings (SSSR count). The number of thiophene rings is 1. The van der Waals surface area contributed by atoms with Gasteiger partial charge in [-0.3, -0.25) is 19.6 Å². The molecule has 0 saturated heterocycles. The molecule has 0 spiro atoms. The maximum atomic E-state index is 12.8. The lowest BCUT2D eigenvalue weighted by Gasteiger charge is -2.07. The zero-order chi connectivity index (χ0) is 22.6. The first kappa shape index (κ1) is 23.0. The largest absolute Gasteiger partial charge is 0.462 e. The highest BCUT2D eigenvalue weighted by atomic mass is 32.1. The van der Waals surface area contributed by atoms with Gasteiger partial charge < -0.3 is 14.8 Å². The second-order valence-electron chi connectivity index (χ2n) is 6.23. The Morgan fingerprint density at radius 2 is 1.87 bits per heavy atom. The fourth-order valence-electron chi connectivity index (χ4n) is 2.64. The number of amides is 1. The molecule has 0 aliphatic rings. The van der Waals surface area contributed by atoms with Crippen LogP contribution in [0.2, 0.25) is 0 Å². The number of anilines is 1. The van der Waals surface area contributed by atoms with Gasteiger partial charge in [0.1, 0.15) is 15.6 Å². The third-order valence-electron chi connectivity index (χ3n) is 4.18. The minimum Gasteiger partial charge on any atom is -0.462 e. The average Bonchev–Trinajstić information content (AvgIpc) is 3.16. The molecule has 0 radical (unpaired) electrons. The van der Waals surface area contributed by atoms with Gasteiger partial charge in [0.2, 0.25) is 5.69 Å². The molecule has 11 nitrogen and oxygen atoms in total. The lowest BCUT2D eigenvalue weighted by molar-refractivity contribution is -0.385. The lowest BCUT2D eigenvalue weighted by Crippen LogP contribution is -2.17. The van der Waals surface area contributed by atoms with Crippen LogP contribution in [0.3, 0.4) is 0 Å². The van der Waals surface area contributed by atoms with Crippen molar-refractivity contribution in [2.45, 2.75) is 34.1 Å². The van der Waals surface area contributed by atoms with Gasteiger partial charge in [0.05, 0.1) is 23.7 Å². The number of aromatic nitrogens is 2. The maximum absolute atomic E-state index is 12.8. The van der Waals surface area contributed by atoms with E-state index in [0.717, 1.165) is 11.3 Å². The number of carbonyl (C=O) groups is 3. The quantitative estimate of drug-likeness (QED) is 0.376. The van der Waals surface area contributed by atoms with Crippen molar-refractivity contribution in [3.8, 4) is 0 Å². The van der Waals surface area contributed by atoms with Gasteiger partial charge in [-0.1, -0.05) is 6.92 Å². The minimum atomic E-state index is -0.883. The van der Waals surface area contributed by atoms with Gasteiger partial charge in [0.15, 0.2) is 0 Å². The highest BCUT2D eigenvalue weighted by Gasteiger charge is 2.32. The Kier molecular flexibility index (Phi) is 7.27. The topological polar surface area (TPSA) is 143 Å². The summed E-state index contributed by atoms with van der Waals surface area (Å²) in [6, 6.07) is 0. The normalized spacial score (nSPS) is 10.6. The van der Waals surface area contributed by atoms with E-state index in [2.05, 4.69) is 10.4 Å². The van der Waals surface area contributed by atoms with Crippen LogP contribution >= 0.6 is 11.3 Å². The van der Waals surface area contributed by atoms with Crippen molar-refractivity contribution in [3.63, 3.8) is 0 Å². The number of carbonyl (C=O) groups excluding carboxylic acids is 3. The Labute approximate surface area is 176 Å². The van der Waals surface area contributed by atoms with Crippen LogP contribution in [0.15, 0.2) is 0 Å². The number of esters is 2. The molecule has 0 saturated carbocycles. The Balaban J connectivity index is 2.50. The maximum Gasteiger partial charge on any atom is 0.348 e. The minimum absolute atomic E-state index is 0.000147. The van der Waals surface area contributed by atoms with Crippen molar-refractivity contribution < 1.29 is 28.8 Å². The van der Waals surface area contributed by atoms with Crippen LogP contribution in [-0.4, -0.2) is 45.8 Å². The summed E-state index contributed by atoms with van der Waals surface area (Å²) < 4.78 is 11.4. The molecule has 0 aromatic carbocycles. The van der Waals surface area contributed by atoms with Crippen LogP contribution in [0.1, 0.15) is 62.0 Å². The van der Waals surface area contributed by atoms with Gasteiger partial charge in [0.25, 0.3) is 5.91 Å². The fraction of sp³-hybridized carbons (Fsp3) is 0.444. The van der Waals surface area contributed by atoms with Crippen LogP contribution in [0.4, 0.5) is 10.7 Å². The standard InChI is InChI=1S/C18H22N4O7S/c1-6-8-29-17(24)11-9(3)14(18(25)28-7-2)30-16(11)19-15(23)12-13(22(26)27)10(4)21(5)20-12/h6-8H2,1-5H3,(H,19,23). The van der Waals surface area contributed by atoms with E-state index in [0.29, 0.717) is 12.0 Å². The van der Waals surface area contributed by atoms with Crippen LogP contribution in [0, 0.1) is 24.0 Å². The first-order valence-electron chi connectivity index (χ1n) is 9.10. The summed E-state index contributed by atoms with van der Waals surface area (Å²) in [5.74, 6) is -2.25. The summed E-state index contributed by atoms with van der Waals surface area (Å²) in [6.07, 6.45) is 0.584. The predicted molar refractivity (Wildman–Crippen MR) is 108 cm³/mol. The molecule has 30 heavy (non-hydrogen) atoms. The molecular weight excluding hydrogens is 416 g/mol. The Morgan fingerprint density at radius 1 is 1.20 bits per heavy atom. The van der Waals surface area contributed by atoms with E-state index in [9.17, 15) is 24.5 Å². The third kappa shape index (κ3) is 4.48. The van der Waals surface area contributed by atoms with Crippen molar-refractivity contribution in [2.24, 2.45) is 7.05 Å². The molecule has 1 amide bonds. The van der Waals surface area contributed by atoms with E-state index < -0.39 is 34.2 Å². The summed E-state index contributed by atoms with van der Waals surface area (Å²) in [6.45, 7) is 6.75. The van der Waals surface area contributed by atoms with Crippen LogP contribution < -0.4 is 5.32 Å². The first-order valence-corrected chi connectivity index (χ1v) is 9.92. The molecule has 0 fully saturated rings. The van der Waals surface area contributed by atoms with E-state index in [4.69, 9.17) is 9.47 Å².